The van der Waals surface area contributed by atoms with Crippen LogP contribution in [-0.2, 0) is 4.74 Å². The van der Waals surface area contributed by atoms with Crippen molar-refractivity contribution in [3.05, 3.63) is 11.8 Å². The number of allylic oxidation sites excluding steroid dienone is 1. The molecule has 3 fully saturated rings. The molecule has 1 saturated carbocycles. The molecule has 27 heavy (non-hydrogen) atoms. The van der Waals surface area contributed by atoms with E-state index in [1.54, 1.807) is 0 Å². The van der Waals surface area contributed by atoms with Gasteiger partial charge in [0.15, 0.2) is 0 Å². The number of hydrogen-bond acceptors (Lipinski definition) is 5. The van der Waals surface area contributed by atoms with Crippen LogP contribution in [0.4, 0.5) is 4.79 Å². The number of piperidine rings is 1. The lowest BCUT2D eigenvalue weighted by Crippen LogP contribution is -2.54. The third-order valence-corrected chi connectivity index (χ3v) is 6.92. The van der Waals surface area contributed by atoms with E-state index in [-0.39, 0.29) is 6.09 Å². The van der Waals surface area contributed by atoms with Gasteiger partial charge in [0.1, 0.15) is 5.60 Å². The van der Waals surface area contributed by atoms with E-state index in [0.29, 0.717) is 11.3 Å². The molecule has 2 saturated heterocycles. The van der Waals surface area contributed by atoms with Crippen LogP contribution >= 0.6 is 0 Å². The van der Waals surface area contributed by atoms with Gasteiger partial charge in [-0.05, 0) is 77.5 Å². The molecule has 6 nitrogen and oxygen atoms in total. The van der Waals surface area contributed by atoms with Gasteiger partial charge in [0.05, 0.1) is 0 Å². The lowest BCUT2D eigenvalue weighted by molar-refractivity contribution is -0.0132. The van der Waals surface area contributed by atoms with Crippen LogP contribution in [0.5, 0.6) is 0 Å². The van der Waals surface area contributed by atoms with E-state index in [4.69, 9.17) is 4.74 Å². The highest BCUT2D eigenvalue weighted by Crippen LogP contribution is 2.51. The summed E-state index contributed by atoms with van der Waals surface area (Å²) < 4.78 is 5.56. The Kier molecular flexibility index (Phi) is 4.91. The lowest BCUT2D eigenvalue weighted by Gasteiger charge is -2.51. The van der Waals surface area contributed by atoms with Crippen LogP contribution in [0.25, 0.3) is 0 Å². The first-order chi connectivity index (χ1) is 12.7. The molecule has 1 aliphatic carbocycles. The van der Waals surface area contributed by atoms with Crippen molar-refractivity contribution in [3.63, 3.8) is 0 Å². The number of carbonyl (C=O) groups excluding carboxylic acids is 1. The van der Waals surface area contributed by atoms with E-state index in [0.717, 1.165) is 32.1 Å². The standard InChI is InChI=1S/C21H36N4O2/c1-20(2,3)27-19(26)25-12-8-21(15-25)13-17(14-21)24-10-6-16(7-11-24)18-5-9-22-23(18)4/h5,16-17,22H,6-15H2,1-4H3. The number of likely N-dealkylation sites (tertiary alicyclic amines) is 2. The molecule has 0 aromatic carbocycles. The highest BCUT2D eigenvalue weighted by Gasteiger charge is 2.51. The highest BCUT2D eigenvalue weighted by molar-refractivity contribution is 5.68. The van der Waals surface area contributed by atoms with Gasteiger partial charge in [-0.25, -0.2) is 10.2 Å². The first-order valence-electron chi connectivity index (χ1n) is 10.6. The van der Waals surface area contributed by atoms with Crippen molar-refractivity contribution in [2.24, 2.45) is 11.3 Å². The molecule has 1 spiro atoms. The number of amides is 1. The summed E-state index contributed by atoms with van der Waals surface area (Å²) in [6.07, 6.45) is 8.40. The monoisotopic (exact) mass is 376 g/mol. The average Bonchev–Trinajstić information content (AvgIpc) is 3.19. The fourth-order valence-corrected chi connectivity index (χ4v) is 5.47. The number of carbonyl (C=O) groups is 1. The summed E-state index contributed by atoms with van der Waals surface area (Å²) in [6, 6.07) is 0.720. The van der Waals surface area contributed by atoms with Gasteiger partial charge in [-0.3, -0.25) is 0 Å². The molecule has 0 atom stereocenters. The van der Waals surface area contributed by atoms with E-state index < -0.39 is 5.60 Å². The molecule has 0 aromatic heterocycles. The maximum Gasteiger partial charge on any atom is 0.410 e. The Hall–Kier alpha value is -1.27. The molecule has 3 aliphatic heterocycles. The predicted molar refractivity (Wildman–Crippen MR) is 106 cm³/mol. The van der Waals surface area contributed by atoms with Crippen molar-refractivity contribution in [1.29, 1.82) is 0 Å². The van der Waals surface area contributed by atoms with Crippen LogP contribution < -0.4 is 5.43 Å². The SMILES string of the molecule is CN1NCC=C1C1CCN(C2CC3(CCN(C(=O)OC(C)(C)C)C3)C2)CC1. The first-order valence-corrected chi connectivity index (χ1v) is 10.6. The minimum absolute atomic E-state index is 0.133. The number of ether oxygens (including phenoxy) is 1. The van der Waals surface area contributed by atoms with E-state index >= 15 is 0 Å². The van der Waals surface area contributed by atoms with Gasteiger partial charge in [0, 0.05) is 44.3 Å². The van der Waals surface area contributed by atoms with Crippen LogP contribution in [0, 0.1) is 11.3 Å². The van der Waals surface area contributed by atoms with Crippen molar-refractivity contribution in [3.8, 4) is 0 Å². The van der Waals surface area contributed by atoms with Crippen molar-refractivity contribution >= 4 is 6.09 Å². The maximum absolute atomic E-state index is 12.3. The third kappa shape index (κ3) is 3.97. The third-order valence-electron chi connectivity index (χ3n) is 6.92. The molecular formula is C21H36N4O2. The zero-order chi connectivity index (χ0) is 19.2. The number of rotatable bonds is 2. The quantitative estimate of drug-likeness (QED) is 0.803. The summed E-state index contributed by atoms with van der Waals surface area (Å²) in [5.74, 6) is 0.712. The zero-order valence-electron chi connectivity index (χ0n) is 17.5. The molecule has 0 radical (unpaired) electrons. The smallest absolute Gasteiger partial charge is 0.410 e. The molecule has 152 valence electrons. The molecule has 3 heterocycles. The van der Waals surface area contributed by atoms with Gasteiger partial charge < -0.3 is 19.5 Å². The largest absolute Gasteiger partial charge is 0.444 e. The van der Waals surface area contributed by atoms with Crippen molar-refractivity contribution < 1.29 is 9.53 Å². The fraction of sp³-hybridized carbons (Fsp3) is 0.857. The van der Waals surface area contributed by atoms with Crippen LogP contribution in [0.2, 0.25) is 0 Å². The normalized spacial score (nSPS) is 32.7. The van der Waals surface area contributed by atoms with E-state index in [9.17, 15) is 4.79 Å². The Bertz CT molecular complexity index is 598. The highest BCUT2D eigenvalue weighted by atomic mass is 16.6. The second-order valence-corrected chi connectivity index (χ2v) is 10.1. The first kappa shape index (κ1) is 19.1. The van der Waals surface area contributed by atoms with Crippen molar-refractivity contribution in [1.82, 2.24) is 20.2 Å². The lowest BCUT2D eigenvalue weighted by atomic mass is 9.64. The molecular weight excluding hydrogens is 340 g/mol. The topological polar surface area (TPSA) is 48.0 Å². The fourth-order valence-electron chi connectivity index (χ4n) is 5.47. The van der Waals surface area contributed by atoms with Gasteiger partial charge >= 0.3 is 6.09 Å². The van der Waals surface area contributed by atoms with Gasteiger partial charge in [0.2, 0.25) is 0 Å². The zero-order valence-corrected chi connectivity index (χ0v) is 17.5. The summed E-state index contributed by atoms with van der Waals surface area (Å²) in [6.45, 7) is 11.0. The van der Waals surface area contributed by atoms with Gasteiger partial charge in [-0.2, -0.15) is 0 Å². The Morgan fingerprint density at radius 2 is 1.93 bits per heavy atom. The van der Waals surface area contributed by atoms with E-state index in [2.05, 4.69) is 28.5 Å². The summed E-state index contributed by atoms with van der Waals surface area (Å²) in [7, 11) is 2.14. The number of nitrogens with zero attached hydrogens (tertiary/aromatic N) is 3. The summed E-state index contributed by atoms with van der Waals surface area (Å²) in [4.78, 5) is 17.0. The summed E-state index contributed by atoms with van der Waals surface area (Å²) in [5.41, 5.74) is 4.81. The van der Waals surface area contributed by atoms with E-state index in [1.165, 1.54) is 44.5 Å². The van der Waals surface area contributed by atoms with Crippen LogP contribution in [0.3, 0.4) is 0 Å². The predicted octanol–water partition coefficient (Wildman–Crippen LogP) is 2.82. The average molecular weight is 377 g/mol. The molecule has 1 amide bonds. The molecule has 6 heteroatoms. The maximum atomic E-state index is 12.3. The molecule has 1 N–H and O–H groups in total. The Morgan fingerprint density at radius 3 is 2.52 bits per heavy atom. The molecule has 4 aliphatic rings. The van der Waals surface area contributed by atoms with Gasteiger partial charge in [0.25, 0.3) is 0 Å². The molecule has 4 rings (SSSR count). The number of nitrogens with one attached hydrogen (secondary N) is 1. The number of hydrazine groups is 1. The van der Waals surface area contributed by atoms with Crippen LogP contribution in [0.1, 0.15) is 52.9 Å². The Morgan fingerprint density at radius 1 is 1.22 bits per heavy atom. The second-order valence-electron chi connectivity index (χ2n) is 10.1. The summed E-state index contributed by atoms with van der Waals surface area (Å²) in [5, 5.41) is 2.21. The van der Waals surface area contributed by atoms with Crippen LogP contribution in [-0.4, -0.2) is 72.3 Å². The minimum atomic E-state index is -0.405. The summed E-state index contributed by atoms with van der Waals surface area (Å²) >= 11 is 0. The van der Waals surface area contributed by atoms with Gasteiger partial charge in [-0.15, -0.1) is 0 Å². The second kappa shape index (κ2) is 6.96. The Balaban J connectivity index is 1.23. The van der Waals surface area contributed by atoms with Crippen LogP contribution in [0.15, 0.2) is 11.8 Å². The van der Waals surface area contributed by atoms with Crippen molar-refractivity contribution in [2.45, 2.75) is 64.5 Å². The van der Waals surface area contributed by atoms with E-state index in [1.807, 2.05) is 25.7 Å². The molecule has 0 unspecified atom stereocenters. The molecule has 0 aromatic rings. The Labute approximate surface area is 163 Å². The van der Waals surface area contributed by atoms with Gasteiger partial charge in [-0.1, -0.05) is 0 Å². The minimum Gasteiger partial charge on any atom is -0.444 e. The number of hydrogen-bond donors (Lipinski definition) is 1. The van der Waals surface area contributed by atoms with Crippen molar-refractivity contribution in [2.75, 3.05) is 39.8 Å². The molecule has 0 bridgehead atoms.